The zero-order valence-corrected chi connectivity index (χ0v) is 28.2. The maximum absolute atomic E-state index is 14.1. The number of rotatable bonds is 8. The highest BCUT2D eigenvalue weighted by atomic mass is 16.7. The zero-order chi connectivity index (χ0) is 35.2. The summed E-state index contributed by atoms with van der Waals surface area (Å²) in [4.78, 5) is 51.3. The second-order valence-electron chi connectivity index (χ2n) is 13.5. The Morgan fingerprint density at radius 2 is 0.843 bits per heavy atom. The Labute approximate surface area is 294 Å². The van der Waals surface area contributed by atoms with Crippen LogP contribution >= 0.6 is 0 Å². The molecule has 0 aromatic heterocycles. The van der Waals surface area contributed by atoms with Gasteiger partial charge in [0.25, 0.3) is 0 Å². The predicted octanol–water partition coefficient (Wildman–Crippen LogP) is 5.65. The maximum atomic E-state index is 14.1. The largest absolute Gasteiger partial charge is 0.428 e. The molecule has 2 saturated carbocycles. The molecule has 3 aliphatic rings. The minimum atomic E-state index is -0.888. The predicted molar refractivity (Wildman–Crippen MR) is 190 cm³/mol. The van der Waals surface area contributed by atoms with E-state index in [0.29, 0.717) is 6.42 Å². The van der Waals surface area contributed by atoms with E-state index in [1.165, 1.54) is 13.8 Å². The second kappa shape index (κ2) is 13.2. The van der Waals surface area contributed by atoms with Gasteiger partial charge < -0.3 is 18.9 Å². The van der Waals surface area contributed by atoms with E-state index in [0.717, 1.165) is 54.3 Å². The summed E-state index contributed by atoms with van der Waals surface area (Å²) in [5, 5.41) is 6.77. The molecule has 2 fully saturated rings. The molecule has 256 valence electrons. The van der Waals surface area contributed by atoms with Crippen molar-refractivity contribution in [3.05, 3.63) is 131 Å². The average molecular weight is 681 g/mol. The first kappa shape index (κ1) is 32.4. The fraction of sp³-hybridized carbons (Fsp3) is 0.256. The number of fused-ring (bicyclic) bond motifs is 11. The first-order chi connectivity index (χ1) is 24.8. The highest BCUT2D eigenvalue weighted by molar-refractivity contribution is 6.10. The van der Waals surface area contributed by atoms with Gasteiger partial charge in [0.1, 0.15) is 0 Å². The molecule has 0 aliphatic heterocycles. The van der Waals surface area contributed by atoms with Crippen LogP contribution in [0.15, 0.2) is 109 Å². The van der Waals surface area contributed by atoms with E-state index in [-0.39, 0.29) is 23.7 Å². The Morgan fingerprint density at radius 3 is 1.22 bits per heavy atom. The van der Waals surface area contributed by atoms with Crippen LogP contribution in [-0.2, 0) is 38.1 Å². The van der Waals surface area contributed by atoms with Crippen molar-refractivity contribution in [2.24, 2.45) is 35.5 Å². The van der Waals surface area contributed by atoms with Crippen molar-refractivity contribution >= 4 is 56.6 Å². The molecule has 0 N–H and O–H groups in total. The Balaban J connectivity index is 1.45. The summed E-state index contributed by atoms with van der Waals surface area (Å²) < 4.78 is 21.1. The van der Waals surface area contributed by atoms with Crippen molar-refractivity contribution in [3.63, 3.8) is 0 Å². The highest BCUT2D eigenvalue weighted by Crippen LogP contribution is 2.65. The Kier molecular flexibility index (Phi) is 8.38. The molecule has 0 spiro atoms. The van der Waals surface area contributed by atoms with Crippen LogP contribution < -0.4 is 10.4 Å². The van der Waals surface area contributed by atoms with E-state index >= 15 is 0 Å². The summed E-state index contributed by atoms with van der Waals surface area (Å²) in [6.07, 6.45) is 0.562. The lowest BCUT2D eigenvalue weighted by molar-refractivity contribution is -0.182. The summed E-state index contributed by atoms with van der Waals surface area (Å²) >= 11 is 0. The number of hydrogen-bond donors (Lipinski definition) is 0. The molecule has 0 heterocycles. The number of hydrogen-bond acceptors (Lipinski definition) is 8. The zero-order valence-electron chi connectivity index (χ0n) is 28.2. The summed E-state index contributed by atoms with van der Waals surface area (Å²) in [6, 6.07) is 37.6. The first-order valence-electron chi connectivity index (χ1n) is 17.2. The monoisotopic (exact) mass is 680 g/mol. The van der Waals surface area contributed by atoms with Gasteiger partial charge in [0, 0.05) is 13.8 Å². The normalized spacial score (nSPS) is 23.0. The summed E-state index contributed by atoms with van der Waals surface area (Å²) in [5.74, 6) is -5.18. The fourth-order valence-corrected chi connectivity index (χ4v) is 9.32. The summed E-state index contributed by atoms with van der Waals surface area (Å²) in [7, 11) is 0. The Morgan fingerprint density at radius 1 is 0.490 bits per heavy atom. The minimum absolute atomic E-state index is 0.173. The van der Waals surface area contributed by atoms with E-state index in [9.17, 15) is 19.2 Å². The lowest BCUT2D eigenvalue weighted by Crippen LogP contribution is -2.50. The molecule has 6 atom stereocenters. The smallest absolute Gasteiger partial charge is 0.313 e. The van der Waals surface area contributed by atoms with Crippen LogP contribution in [0.2, 0.25) is 0 Å². The van der Waals surface area contributed by atoms with Crippen LogP contribution in [0.4, 0.5) is 0 Å². The van der Waals surface area contributed by atoms with Gasteiger partial charge in [-0.3, -0.25) is 19.2 Å². The van der Waals surface area contributed by atoms with E-state index in [2.05, 4.69) is 72.8 Å². The second-order valence-corrected chi connectivity index (χ2v) is 13.5. The summed E-state index contributed by atoms with van der Waals surface area (Å²) in [6.45, 7) is 1.37. The van der Waals surface area contributed by atoms with Gasteiger partial charge in [0.05, 0.1) is 11.8 Å². The molecule has 2 bridgehead atoms. The van der Waals surface area contributed by atoms with E-state index in [1.807, 2.05) is 36.4 Å². The molecule has 8 heteroatoms. The molecular weight excluding hydrogens is 644 g/mol. The first-order valence-corrected chi connectivity index (χ1v) is 17.2. The van der Waals surface area contributed by atoms with Crippen molar-refractivity contribution in [3.8, 4) is 0 Å². The SMILES string of the molecule is CC(=O)OCOC(=O)[C@@H]1C2CC(C3C(c4ccccc4)=c4c(c5ccccc5c5ccccc45)=C(c4ccccc4)C32)[C@H]1C(=O)OCOC(C)=O. The number of carbonyl (C=O) groups is 4. The minimum Gasteiger partial charge on any atom is -0.428 e. The van der Waals surface area contributed by atoms with Crippen molar-refractivity contribution in [1.29, 1.82) is 0 Å². The Hall–Kier alpha value is -5.76. The van der Waals surface area contributed by atoms with Gasteiger partial charge in [-0.05, 0) is 84.3 Å². The quantitative estimate of drug-likeness (QED) is 0.118. The molecule has 4 unspecified atom stereocenters. The van der Waals surface area contributed by atoms with Gasteiger partial charge in [0.15, 0.2) is 0 Å². The van der Waals surface area contributed by atoms with Crippen LogP contribution in [0.3, 0.4) is 0 Å². The lowest BCUT2D eigenvalue weighted by atomic mass is 9.59. The average Bonchev–Trinajstić information content (AvgIpc) is 3.72. The number of benzene rings is 5. The van der Waals surface area contributed by atoms with Gasteiger partial charge in [-0.15, -0.1) is 0 Å². The van der Waals surface area contributed by atoms with Gasteiger partial charge in [-0.2, -0.15) is 0 Å². The van der Waals surface area contributed by atoms with Crippen LogP contribution in [0, 0.1) is 35.5 Å². The molecule has 8 rings (SSSR count). The lowest BCUT2D eigenvalue weighted by Gasteiger charge is -2.43. The van der Waals surface area contributed by atoms with E-state index in [4.69, 9.17) is 18.9 Å². The van der Waals surface area contributed by atoms with Crippen LogP contribution in [0.1, 0.15) is 31.4 Å². The molecule has 5 aromatic rings. The van der Waals surface area contributed by atoms with Gasteiger partial charge in [0.2, 0.25) is 13.6 Å². The van der Waals surface area contributed by atoms with Crippen molar-refractivity contribution in [2.45, 2.75) is 20.3 Å². The Bertz CT molecular complexity index is 2170. The highest BCUT2D eigenvalue weighted by Gasteiger charge is 2.65. The van der Waals surface area contributed by atoms with Crippen molar-refractivity contribution in [2.75, 3.05) is 13.6 Å². The third-order valence-corrected chi connectivity index (χ3v) is 10.9. The van der Waals surface area contributed by atoms with Crippen molar-refractivity contribution < 1.29 is 38.1 Å². The molecule has 0 amide bonds. The third-order valence-electron chi connectivity index (χ3n) is 10.9. The fourth-order valence-electron chi connectivity index (χ4n) is 9.32. The summed E-state index contributed by atoms with van der Waals surface area (Å²) in [5.41, 5.74) is 4.37. The van der Waals surface area contributed by atoms with Gasteiger partial charge >= 0.3 is 23.9 Å². The van der Waals surface area contributed by atoms with Crippen LogP contribution in [0.25, 0.3) is 32.7 Å². The number of esters is 4. The molecule has 51 heavy (non-hydrogen) atoms. The van der Waals surface area contributed by atoms with E-state index in [1.54, 1.807) is 0 Å². The number of ether oxygens (including phenoxy) is 4. The topological polar surface area (TPSA) is 105 Å². The van der Waals surface area contributed by atoms with E-state index < -0.39 is 49.3 Å². The van der Waals surface area contributed by atoms with Gasteiger partial charge in [-0.1, -0.05) is 109 Å². The van der Waals surface area contributed by atoms with Crippen LogP contribution in [0.5, 0.6) is 0 Å². The molecular formula is C43H36O8. The van der Waals surface area contributed by atoms with Crippen molar-refractivity contribution in [1.82, 2.24) is 0 Å². The maximum Gasteiger partial charge on any atom is 0.313 e. The molecule has 0 saturated heterocycles. The van der Waals surface area contributed by atoms with Gasteiger partial charge in [-0.25, -0.2) is 0 Å². The number of carbonyl (C=O) groups excluding carboxylic acids is 4. The third kappa shape index (κ3) is 5.46. The molecule has 8 nitrogen and oxygen atoms in total. The molecule has 3 aliphatic carbocycles. The standard InChI is InChI=1S/C43H36O8/c1-24(44)48-22-50-42(46)40-32-21-33(41(40)43(47)51-23-49-25(2)45)39-35(27-15-7-4-8-16-27)37-31-20-12-10-18-29(31)28-17-9-11-19-30(28)36(37)34(38(32)39)26-13-5-3-6-14-26/h3-20,32-33,38-41H,21-23H2,1-2H3/t32?,33?,38?,39?,40-,41-/m1/s1. The molecule has 0 radical (unpaired) electrons. The van der Waals surface area contributed by atoms with Crippen LogP contribution in [-0.4, -0.2) is 37.5 Å². The molecule has 5 aromatic carbocycles.